The maximum absolute atomic E-state index is 12.0. The number of aliphatic hydroxyl groups excluding tert-OH is 1. The summed E-state index contributed by atoms with van der Waals surface area (Å²) in [6.45, 7) is 1.86. The van der Waals surface area contributed by atoms with Gasteiger partial charge in [-0.1, -0.05) is 0 Å². The van der Waals surface area contributed by atoms with Crippen LogP contribution >= 0.6 is 0 Å². The first-order valence-corrected chi connectivity index (χ1v) is 6.45. The van der Waals surface area contributed by atoms with Crippen molar-refractivity contribution in [3.05, 3.63) is 24.2 Å². The van der Waals surface area contributed by atoms with Gasteiger partial charge in [0.25, 0.3) is 0 Å². The van der Waals surface area contributed by atoms with E-state index >= 15 is 0 Å². The van der Waals surface area contributed by atoms with Gasteiger partial charge in [0.05, 0.1) is 32.1 Å². The number of nitrogens with zero attached hydrogens (tertiary/aromatic N) is 1. The lowest BCUT2D eigenvalue weighted by molar-refractivity contribution is -0.140. The van der Waals surface area contributed by atoms with Crippen LogP contribution in [-0.2, 0) is 9.53 Å². The SMILES string of the molecule is CNCC(=O)N1CCOCC1CC(O)c1ccco1. The Morgan fingerprint density at radius 2 is 2.53 bits per heavy atom. The van der Waals surface area contributed by atoms with E-state index in [0.717, 1.165) is 0 Å². The minimum atomic E-state index is -0.716. The number of morpholine rings is 1. The number of rotatable bonds is 5. The molecule has 1 aliphatic rings. The summed E-state index contributed by atoms with van der Waals surface area (Å²) in [6.07, 6.45) is 1.23. The Balaban J connectivity index is 1.97. The maximum Gasteiger partial charge on any atom is 0.236 e. The number of furan rings is 1. The predicted molar refractivity (Wildman–Crippen MR) is 68.5 cm³/mol. The van der Waals surface area contributed by atoms with Crippen molar-refractivity contribution in [1.82, 2.24) is 10.2 Å². The van der Waals surface area contributed by atoms with Crippen molar-refractivity contribution in [3.63, 3.8) is 0 Å². The zero-order chi connectivity index (χ0) is 13.7. The monoisotopic (exact) mass is 268 g/mol. The Morgan fingerprint density at radius 1 is 1.68 bits per heavy atom. The summed E-state index contributed by atoms with van der Waals surface area (Å²) < 4.78 is 10.6. The Hall–Kier alpha value is -1.37. The first-order chi connectivity index (χ1) is 9.22. The van der Waals surface area contributed by atoms with Crippen LogP contribution in [0.2, 0.25) is 0 Å². The fraction of sp³-hybridized carbons (Fsp3) is 0.615. The van der Waals surface area contributed by atoms with E-state index in [9.17, 15) is 9.90 Å². The van der Waals surface area contributed by atoms with E-state index in [0.29, 0.717) is 38.5 Å². The molecule has 2 atom stereocenters. The van der Waals surface area contributed by atoms with Crippen LogP contribution in [0.4, 0.5) is 0 Å². The number of carbonyl (C=O) groups is 1. The third-order valence-corrected chi connectivity index (χ3v) is 3.24. The molecule has 2 unspecified atom stereocenters. The normalized spacial score (nSPS) is 21.4. The van der Waals surface area contributed by atoms with E-state index in [-0.39, 0.29) is 11.9 Å². The zero-order valence-electron chi connectivity index (χ0n) is 11.0. The minimum Gasteiger partial charge on any atom is -0.467 e. The van der Waals surface area contributed by atoms with Gasteiger partial charge in [-0.05, 0) is 19.2 Å². The van der Waals surface area contributed by atoms with Crippen LogP contribution in [0.3, 0.4) is 0 Å². The Morgan fingerprint density at radius 3 is 3.21 bits per heavy atom. The van der Waals surface area contributed by atoms with Crippen molar-refractivity contribution in [2.45, 2.75) is 18.6 Å². The summed E-state index contributed by atoms with van der Waals surface area (Å²) in [6, 6.07) is 3.35. The first-order valence-electron chi connectivity index (χ1n) is 6.45. The standard InChI is InChI=1S/C13H20N2O4/c1-14-8-13(17)15-4-6-18-9-10(15)7-11(16)12-3-2-5-19-12/h2-3,5,10-11,14,16H,4,6-9H2,1H3. The second-order valence-corrected chi connectivity index (χ2v) is 4.61. The van der Waals surface area contributed by atoms with Crippen LogP contribution in [0.5, 0.6) is 0 Å². The largest absolute Gasteiger partial charge is 0.467 e. The molecule has 0 spiro atoms. The van der Waals surface area contributed by atoms with Gasteiger partial charge in [-0.2, -0.15) is 0 Å². The van der Waals surface area contributed by atoms with E-state index in [1.54, 1.807) is 24.1 Å². The molecule has 0 radical (unpaired) electrons. The first kappa shape index (κ1) is 14.0. The molecule has 6 nitrogen and oxygen atoms in total. The molecule has 0 bridgehead atoms. The fourth-order valence-corrected chi connectivity index (χ4v) is 2.29. The van der Waals surface area contributed by atoms with Crippen molar-refractivity contribution in [1.29, 1.82) is 0 Å². The fourth-order valence-electron chi connectivity index (χ4n) is 2.29. The number of likely N-dealkylation sites (N-methyl/N-ethyl adjacent to an activating group) is 1. The molecule has 1 aliphatic heterocycles. The predicted octanol–water partition coefficient (Wildman–Crippen LogP) is 0.150. The lowest BCUT2D eigenvalue weighted by atomic mass is 10.1. The summed E-state index contributed by atoms with van der Waals surface area (Å²) in [5, 5.41) is 12.9. The summed E-state index contributed by atoms with van der Waals surface area (Å²) in [5.74, 6) is 0.550. The number of hydrogen-bond donors (Lipinski definition) is 2. The van der Waals surface area contributed by atoms with E-state index in [2.05, 4.69) is 5.32 Å². The van der Waals surface area contributed by atoms with Crippen molar-refractivity contribution < 1.29 is 19.1 Å². The quantitative estimate of drug-likeness (QED) is 0.795. The lowest BCUT2D eigenvalue weighted by Gasteiger charge is -2.36. The number of aliphatic hydroxyl groups is 1. The minimum absolute atomic E-state index is 0.0300. The second-order valence-electron chi connectivity index (χ2n) is 4.61. The third-order valence-electron chi connectivity index (χ3n) is 3.24. The van der Waals surface area contributed by atoms with Gasteiger partial charge >= 0.3 is 0 Å². The molecular formula is C13H20N2O4. The summed E-state index contributed by atoms with van der Waals surface area (Å²) in [7, 11) is 1.74. The van der Waals surface area contributed by atoms with Crippen molar-refractivity contribution in [2.24, 2.45) is 0 Å². The van der Waals surface area contributed by atoms with E-state index in [1.165, 1.54) is 6.26 Å². The number of nitrogens with one attached hydrogen (secondary N) is 1. The summed E-state index contributed by atoms with van der Waals surface area (Å²) in [4.78, 5) is 13.7. The van der Waals surface area contributed by atoms with E-state index in [1.807, 2.05) is 0 Å². The molecule has 6 heteroatoms. The molecular weight excluding hydrogens is 248 g/mol. The average molecular weight is 268 g/mol. The third kappa shape index (κ3) is 3.56. The van der Waals surface area contributed by atoms with Crippen molar-refractivity contribution >= 4 is 5.91 Å². The van der Waals surface area contributed by atoms with Gasteiger partial charge in [0, 0.05) is 13.0 Å². The molecule has 1 fully saturated rings. The number of carbonyl (C=O) groups excluding carboxylic acids is 1. The van der Waals surface area contributed by atoms with Crippen LogP contribution < -0.4 is 5.32 Å². The maximum atomic E-state index is 12.0. The van der Waals surface area contributed by atoms with E-state index in [4.69, 9.17) is 9.15 Å². The van der Waals surface area contributed by atoms with Crippen LogP contribution in [0, 0.1) is 0 Å². The average Bonchev–Trinajstić information content (AvgIpc) is 2.93. The van der Waals surface area contributed by atoms with Gasteiger partial charge in [0.1, 0.15) is 11.9 Å². The highest BCUT2D eigenvalue weighted by molar-refractivity contribution is 5.78. The van der Waals surface area contributed by atoms with Gasteiger partial charge in [-0.3, -0.25) is 4.79 Å². The molecule has 1 amide bonds. The van der Waals surface area contributed by atoms with Crippen LogP contribution in [0.15, 0.2) is 22.8 Å². The molecule has 0 aliphatic carbocycles. The topological polar surface area (TPSA) is 74.9 Å². The van der Waals surface area contributed by atoms with Crippen LogP contribution in [-0.4, -0.2) is 55.3 Å². The smallest absolute Gasteiger partial charge is 0.236 e. The molecule has 1 saturated heterocycles. The molecule has 106 valence electrons. The highest BCUT2D eigenvalue weighted by Crippen LogP contribution is 2.22. The van der Waals surface area contributed by atoms with Gasteiger partial charge in [0.2, 0.25) is 5.91 Å². The second kappa shape index (κ2) is 6.70. The number of ether oxygens (including phenoxy) is 1. The summed E-state index contributed by atoms with van der Waals surface area (Å²) >= 11 is 0. The van der Waals surface area contributed by atoms with Crippen molar-refractivity contribution in [2.75, 3.05) is 33.4 Å². The molecule has 2 rings (SSSR count). The molecule has 2 N–H and O–H groups in total. The Labute approximate surface area is 112 Å². The van der Waals surface area contributed by atoms with Gasteiger partial charge in [0.15, 0.2) is 0 Å². The molecule has 1 aromatic heterocycles. The highest BCUT2D eigenvalue weighted by atomic mass is 16.5. The van der Waals surface area contributed by atoms with Crippen LogP contribution in [0.25, 0.3) is 0 Å². The Kier molecular flexibility index (Phi) is 4.95. The van der Waals surface area contributed by atoms with Crippen LogP contribution in [0.1, 0.15) is 18.3 Å². The number of hydrogen-bond acceptors (Lipinski definition) is 5. The van der Waals surface area contributed by atoms with Gasteiger partial charge in [-0.25, -0.2) is 0 Å². The van der Waals surface area contributed by atoms with Gasteiger partial charge < -0.3 is 24.5 Å². The Bertz CT molecular complexity index is 393. The zero-order valence-corrected chi connectivity index (χ0v) is 11.0. The molecule has 0 saturated carbocycles. The molecule has 19 heavy (non-hydrogen) atoms. The number of amides is 1. The lowest BCUT2D eigenvalue weighted by Crippen LogP contribution is -2.51. The molecule has 0 aromatic carbocycles. The highest BCUT2D eigenvalue weighted by Gasteiger charge is 2.29. The molecule has 2 heterocycles. The molecule has 1 aromatic rings. The van der Waals surface area contributed by atoms with Crippen molar-refractivity contribution in [3.8, 4) is 0 Å². The van der Waals surface area contributed by atoms with E-state index < -0.39 is 6.10 Å². The van der Waals surface area contributed by atoms with Gasteiger partial charge in [-0.15, -0.1) is 0 Å². The summed E-state index contributed by atoms with van der Waals surface area (Å²) in [5.41, 5.74) is 0.